The lowest BCUT2D eigenvalue weighted by molar-refractivity contribution is 0.0976. The molecule has 0 saturated carbocycles. The highest BCUT2D eigenvalue weighted by Crippen LogP contribution is 2.25. The number of ether oxygens (including phenoxy) is 1. The van der Waals surface area contributed by atoms with Crippen LogP contribution in [-0.4, -0.2) is 24.0 Å². The minimum Gasteiger partial charge on any atom is -0.496 e. The minimum absolute atomic E-state index is 0.0635. The number of amides is 2. The molecule has 37 heavy (non-hydrogen) atoms. The Kier molecular flexibility index (Phi) is 8.50. The first kappa shape index (κ1) is 25.9. The molecular formula is C28H23BrN4O3S. The second kappa shape index (κ2) is 12.2. The molecule has 0 unspecified atom stereocenters. The van der Waals surface area contributed by atoms with E-state index in [0.29, 0.717) is 32.7 Å². The first-order valence-electron chi connectivity index (χ1n) is 11.2. The number of thiocarbonyl (C=S) groups is 1. The Morgan fingerprint density at radius 3 is 2.11 bits per heavy atom. The molecule has 0 radical (unpaired) electrons. The number of halogens is 1. The van der Waals surface area contributed by atoms with Gasteiger partial charge in [-0.15, -0.1) is 0 Å². The quantitative estimate of drug-likeness (QED) is 0.186. The number of carbonyl (C=O) groups is 2. The molecule has 4 rings (SSSR count). The molecule has 4 aromatic rings. The maximum absolute atomic E-state index is 13.0. The number of benzene rings is 4. The first-order chi connectivity index (χ1) is 17.9. The van der Waals surface area contributed by atoms with E-state index in [0.717, 1.165) is 11.4 Å². The number of hydrogen-bond donors (Lipinski definition) is 4. The van der Waals surface area contributed by atoms with Gasteiger partial charge in [0.15, 0.2) is 5.11 Å². The van der Waals surface area contributed by atoms with Crippen LogP contribution in [0.4, 0.5) is 22.7 Å². The zero-order valence-corrected chi connectivity index (χ0v) is 22.2. The van der Waals surface area contributed by atoms with Crippen molar-refractivity contribution in [2.45, 2.75) is 0 Å². The highest BCUT2D eigenvalue weighted by Gasteiger charge is 2.15. The highest BCUT2D eigenvalue weighted by molar-refractivity contribution is 9.10. The van der Waals surface area contributed by atoms with E-state index in [1.54, 1.807) is 49.6 Å². The van der Waals surface area contributed by atoms with Gasteiger partial charge in [0.05, 0.1) is 22.8 Å². The van der Waals surface area contributed by atoms with Gasteiger partial charge in [-0.3, -0.25) is 14.9 Å². The van der Waals surface area contributed by atoms with Crippen LogP contribution in [0.3, 0.4) is 0 Å². The lowest BCUT2D eigenvalue weighted by Gasteiger charge is -2.14. The fraction of sp³-hybridized carbons (Fsp3) is 0.0357. The van der Waals surface area contributed by atoms with Crippen LogP contribution < -0.4 is 26.0 Å². The second-order valence-electron chi connectivity index (χ2n) is 7.83. The van der Waals surface area contributed by atoms with E-state index >= 15 is 0 Å². The van der Waals surface area contributed by atoms with Gasteiger partial charge in [0, 0.05) is 22.6 Å². The third-order valence-corrected chi connectivity index (χ3v) is 6.09. The molecule has 0 atom stereocenters. The number of anilines is 4. The van der Waals surface area contributed by atoms with Crippen molar-refractivity contribution >= 4 is 67.8 Å². The van der Waals surface area contributed by atoms with Crippen LogP contribution in [0.25, 0.3) is 0 Å². The summed E-state index contributed by atoms with van der Waals surface area (Å²) in [4.78, 5) is 25.6. The van der Waals surface area contributed by atoms with Crippen LogP contribution in [0.2, 0.25) is 0 Å². The standard InChI is InChI=1S/C28H23BrN4O3S/c1-36-25-16-11-18(17-23(25)29)26(34)33-28(37)32-24-10-6-5-9-22(24)27(35)31-21-14-12-20(13-15-21)30-19-7-3-2-4-8-19/h2-17,30H,1H3,(H,31,35)(H2,32,33,34,37). The van der Waals surface area contributed by atoms with Crippen LogP contribution in [0.1, 0.15) is 20.7 Å². The molecule has 4 N–H and O–H groups in total. The third-order valence-electron chi connectivity index (χ3n) is 5.27. The summed E-state index contributed by atoms with van der Waals surface area (Å²) < 4.78 is 5.84. The van der Waals surface area contributed by atoms with Crippen molar-refractivity contribution in [2.24, 2.45) is 0 Å². The molecule has 0 aromatic heterocycles. The van der Waals surface area contributed by atoms with Crippen molar-refractivity contribution in [3.8, 4) is 5.75 Å². The normalized spacial score (nSPS) is 10.2. The topological polar surface area (TPSA) is 91.5 Å². The summed E-state index contributed by atoms with van der Waals surface area (Å²) in [6.07, 6.45) is 0. The maximum Gasteiger partial charge on any atom is 0.257 e. The molecule has 0 aliphatic heterocycles. The molecule has 0 aliphatic carbocycles. The van der Waals surface area contributed by atoms with E-state index in [-0.39, 0.29) is 11.0 Å². The molecule has 0 spiro atoms. The Bertz CT molecular complexity index is 1430. The zero-order valence-electron chi connectivity index (χ0n) is 19.7. The summed E-state index contributed by atoms with van der Waals surface area (Å²) in [5.41, 5.74) is 3.74. The van der Waals surface area contributed by atoms with Gasteiger partial charge < -0.3 is 20.7 Å². The van der Waals surface area contributed by atoms with Gasteiger partial charge in [-0.25, -0.2) is 0 Å². The molecule has 0 heterocycles. The minimum atomic E-state index is -0.396. The molecule has 0 aliphatic rings. The summed E-state index contributed by atoms with van der Waals surface area (Å²) in [5.74, 6) is -0.105. The zero-order chi connectivity index (χ0) is 26.2. The van der Waals surface area contributed by atoms with Crippen molar-refractivity contribution in [3.63, 3.8) is 0 Å². The van der Waals surface area contributed by atoms with E-state index in [1.807, 2.05) is 54.6 Å². The van der Waals surface area contributed by atoms with Gasteiger partial charge in [0.25, 0.3) is 11.8 Å². The van der Waals surface area contributed by atoms with Gasteiger partial charge >= 0.3 is 0 Å². The van der Waals surface area contributed by atoms with E-state index in [2.05, 4.69) is 37.2 Å². The number of hydrogen-bond acceptors (Lipinski definition) is 5. The van der Waals surface area contributed by atoms with Crippen molar-refractivity contribution < 1.29 is 14.3 Å². The molecule has 7 nitrogen and oxygen atoms in total. The number of methoxy groups -OCH3 is 1. The van der Waals surface area contributed by atoms with Gasteiger partial charge in [-0.1, -0.05) is 30.3 Å². The lowest BCUT2D eigenvalue weighted by Crippen LogP contribution is -2.34. The summed E-state index contributed by atoms with van der Waals surface area (Å²) in [7, 11) is 1.55. The fourth-order valence-electron chi connectivity index (χ4n) is 3.45. The second-order valence-corrected chi connectivity index (χ2v) is 9.09. The molecule has 0 saturated heterocycles. The summed E-state index contributed by atoms with van der Waals surface area (Å²) >= 11 is 8.68. The Morgan fingerprint density at radius 2 is 1.41 bits per heavy atom. The Hall–Kier alpha value is -4.21. The molecular weight excluding hydrogens is 552 g/mol. The van der Waals surface area contributed by atoms with Gasteiger partial charge in [-0.2, -0.15) is 0 Å². The molecule has 9 heteroatoms. The lowest BCUT2D eigenvalue weighted by atomic mass is 10.1. The van der Waals surface area contributed by atoms with Gasteiger partial charge in [-0.05, 0) is 94.9 Å². The van der Waals surface area contributed by atoms with Crippen molar-refractivity contribution in [2.75, 3.05) is 23.1 Å². The number of para-hydroxylation sites is 2. The van der Waals surface area contributed by atoms with Crippen molar-refractivity contribution in [3.05, 3.63) is 113 Å². The van der Waals surface area contributed by atoms with E-state index in [4.69, 9.17) is 17.0 Å². The first-order valence-corrected chi connectivity index (χ1v) is 12.4. The maximum atomic E-state index is 13.0. The monoisotopic (exact) mass is 574 g/mol. The Balaban J connectivity index is 1.39. The number of rotatable bonds is 7. The fourth-order valence-corrected chi connectivity index (χ4v) is 4.19. The van der Waals surface area contributed by atoms with Crippen LogP contribution in [0.5, 0.6) is 5.75 Å². The average molecular weight is 575 g/mol. The number of nitrogens with one attached hydrogen (secondary N) is 4. The summed E-state index contributed by atoms with van der Waals surface area (Å²) in [6.45, 7) is 0. The molecule has 2 amide bonds. The largest absolute Gasteiger partial charge is 0.496 e. The molecule has 4 aromatic carbocycles. The van der Waals surface area contributed by atoms with Crippen LogP contribution >= 0.6 is 28.1 Å². The van der Waals surface area contributed by atoms with E-state index < -0.39 is 5.91 Å². The van der Waals surface area contributed by atoms with Crippen LogP contribution in [-0.2, 0) is 0 Å². The van der Waals surface area contributed by atoms with Crippen molar-refractivity contribution in [1.29, 1.82) is 0 Å². The third kappa shape index (κ3) is 6.93. The Labute approximate surface area is 228 Å². The van der Waals surface area contributed by atoms with Crippen LogP contribution in [0, 0.1) is 0 Å². The van der Waals surface area contributed by atoms with Crippen molar-refractivity contribution in [1.82, 2.24) is 5.32 Å². The SMILES string of the molecule is COc1ccc(C(=O)NC(=S)Nc2ccccc2C(=O)Nc2ccc(Nc3ccccc3)cc2)cc1Br. The van der Waals surface area contributed by atoms with Gasteiger partial charge in [0.2, 0.25) is 0 Å². The smallest absolute Gasteiger partial charge is 0.257 e. The summed E-state index contributed by atoms with van der Waals surface area (Å²) in [6, 6.07) is 29.1. The molecule has 186 valence electrons. The van der Waals surface area contributed by atoms with Gasteiger partial charge in [0.1, 0.15) is 5.75 Å². The Morgan fingerprint density at radius 1 is 0.757 bits per heavy atom. The van der Waals surface area contributed by atoms with Crippen LogP contribution in [0.15, 0.2) is 102 Å². The molecule has 0 fully saturated rings. The molecule has 0 bridgehead atoms. The number of carbonyl (C=O) groups excluding carboxylic acids is 2. The predicted molar refractivity (Wildman–Crippen MR) is 155 cm³/mol. The predicted octanol–water partition coefficient (Wildman–Crippen LogP) is 6.58. The highest BCUT2D eigenvalue weighted by atomic mass is 79.9. The van der Waals surface area contributed by atoms with E-state index in [1.165, 1.54) is 0 Å². The average Bonchev–Trinajstić information content (AvgIpc) is 2.90. The van der Waals surface area contributed by atoms with E-state index in [9.17, 15) is 9.59 Å². The summed E-state index contributed by atoms with van der Waals surface area (Å²) in [5, 5.41) is 11.8.